The topological polar surface area (TPSA) is 32.3 Å². The molecular weight excluding hydrogens is 174 g/mol. The standard InChI is InChI=1S/C12H23NO/c1-13-9-12(14)7-5-11(6-8-12)10-3-2-4-10/h10-11,13-14H,2-9H2,1H3. The van der Waals surface area contributed by atoms with E-state index in [0.717, 1.165) is 31.2 Å². The van der Waals surface area contributed by atoms with Gasteiger partial charge < -0.3 is 10.4 Å². The smallest absolute Gasteiger partial charge is 0.0771 e. The molecule has 2 nitrogen and oxygen atoms in total. The fourth-order valence-corrected chi connectivity index (χ4v) is 3.07. The summed E-state index contributed by atoms with van der Waals surface area (Å²) in [5.74, 6) is 1.94. The van der Waals surface area contributed by atoms with E-state index in [1.807, 2.05) is 7.05 Å². The summed E-state index contributed by atoms with van der Waals surface area (Å²) in [4.78, 5) is 0. The molecule has 2 fully saturated rings. The summed E-state index contributed by atoms with van der Waals surface area (Å²) in [7, 11) is 1.93. The Hall–Kier alpha value is -0.0800. The molecule has 0 aromatic carbocycles. The van der Waals surface area contributed by atoms with Gasteiger partial charge in [0, 0.05) is 6.54 Å². The van der Waals surface area contributed by atoms with E-state index in [1.165, 1.54) is 32.1 Å². The first-order chi connectivity index (χ1) is 6.73. The molecule has 0 unspecified atom stereocenters. The number of hydrogen-bond acceptors (Lipinski definition) is 2. The summed E-state index contributed by atoms with van der Waals surface area (Å²) >= 11 is 0. The van der Waals surface area contributed by atoms with Gasteiger partial charge in [-0.25, -0.2) is 0 Å². The zero-order chi connectivity index (χ0) is 10.0. The van der Waals surface area contributed by atoms with Gasteiger partial charge >= 0.3 is 0 Å². The lowest BCUT2D eigenvalue weighted by molar-refractivity contribution is -0.0213. The van der Waals surface area contributed by atoms with E-state index in [9.17, 15) is 5.11 Å². The van der Waals surface area contributed by atoms with Crippen LogP contribution >= 0.6 is 0 Å². The van der Waals surface area contributed by atoms with E-state index in [4.69, 9.17) is 0 Å². The molecule has 0 radical (unpaired) electrons. The Labute approximate surface area is 87.1 Å². The van der Waals surface area contributed by atoms with Crippen LogP contribution in [-0.2, 0) is 0 Å². The summed E-state index contributed by atoms with van der Waals surface area (Å²) in [6.45, 7) is 0.768. The lowest BCUT2D eigenvalue weighted by Crippen LogP contribution is -2.43. The highest BCUT2D eigenvalue weighted by molar-refractivity contribution is 4.90. The van der Waals surface area contributed by atoms with Crippen molar-refractivity contribution in [2.24, 2.45) is 11.8 Å². The molecular formula is C12H23NO. The Morgan fingerprint density at radius 1 is 1.14 bits per heavy atom. The normalized spacial score (nSPS) is 39.4. The first kappa shape index (κ1) is 10.4. The molecule has 0 amide bonds. The highest BCUT2D eigenvalue weighted by Crippen LogP contribution is 2.43. The van der Waals surface area contributed by atoms with Crippen molar-refractivity contribution in [3.63, 3.8) is 0 Å². The second-order valence-corrected chi connectivity index (χ2v) is 5.28. The van der Waals surface area contributed by atoms with Crippen LogP contribution in [0, 0.1) is 11.8 Å². The molecule has 2 N–H and O–H groups in total. The maximum atomic E-state index is 10.2. The summed E-state index contributed by atoms with van der Waals surface area (Å²) in [5, 5.41) is 13.3. The highest BCUT2D eigenvalue weighted by atomic mass is 16.3. The van der Waals surface area contributed by atoms with Gasteiger partial charge in [-0.15, -0.1) is 0 Å². The van der Waals surface area contributed by atoms with Crippen molar-refractivity contribution in [2.75, 3.05) is 13.6 Å². The maximum absolute atomic E-state index is 10.2. The average molecular weight is 197 g/mol. The van der Waals surface area contributed by atoms with Crippen LogP contribution in [0.5, 0.6) is 0 Å². The summed E-state index contributed by atoms with van der Waals surface area (Å²) in [5.41, 5.74) is -0.394. The van der Waals surface area contributed by atoms with E-state index < -0.39 is 5.60 Å². The van der Waals surface area contributed by atoms with Crippen molar-refractivity contribution in [1.29, 1.82) is 0 Å². The van der Waals surface area contributed by atoms with E-state index >= 15 is 0 Å². The van der Waals surface area contributed by atoms with Crippen molar-refractivity contribution in [3.05, 3.63) is 0 Å². The minimum absolute atomic E-state index is 0.394. The van der Waals surface area contributed by atoms with Gasteiger partial charge in [0.25, 0.3) is 0 Å². The third-order valence-electron chi connectivity index (χ3n) is 4.28. The number of hydrogen-bond donors (Lipinski definition) is 2. The monoisotopic (exact) mass is 197 g/mol. The van der Waals surface area contributed by atoms with Crippen molar-refractivity contribution >= 4 is 0 Å². The molecule has 2 heteroatoms. The molecule has 0 aromatic heterocycles. The van der Waals surface area contributed by atoms with Crippen LogP contribution in [0.3, 0.4) is 0 Å². The van der Waals surface area contributed by atoms with Crippen LogP contribution in [0.15, 0.2) is 0 Å². The number of likely N-dealkylation sites (N-methyl/N-ethyl adjacent to an activating group) is 1. The zero-order valence-electron chi connectivity index (χ0n) is 9.26. The van der Waals surface area contributed by atoms with E-state index in [1.54, 1.807) is 0 Å². The summed E-state index contributed by atoms with van der Waals surface area (Å²) in [6.07, 6.45) is 8.88. The molecule has 2 aliphatic carbocycles. The van der Waals surface area contributed by atoms with Gasteiger partial charge in [-0.2, -0.15) is 0 Å². The SMILES string of the molecule is CNCC1(O)CCC(C2CCC2)CC1. The second kappa shape index (κ2) is 4.19. The fourth-order valence-electron chi connectivity index (χ4n) is 3.07. The third-order valence-corrected chi connectivity index (χ3v) is 4.28. The molecule has 0 aromatic rings. The third kappa shape index (κ3) is 2.12. The molecule has 82 valence electrons. The number of nitrogens with one attached hydrogen (secondary N) is 1. The number of aliphatic hydroxyl groups is 1. The molecule has 2 saturated carbocycles. The van der Waals surface area contributed by atoms with Gasteiger partial charge in [0.15, 0.2) is 0 Å². The molecule has 14 heavy (non-hydrogen) atoms. The summed E-state index contributed by atoms with van der Waals surface area (Å²) < 4.78 is 0. The molecule has 0 atom stereocenters. The Morgan fingerprint density at radius 2 is 1.71 bits per heavy atom. The zero-order valence-corrected chi connectivity index (χ0v) is 9.26. The van der Waals surface area contributed by atoms with E-state index in [2.05, 4.69) is 5.32 Å². The molecule has 2 aliphatic rings. The minimum atomic E-state index is -0.394. The Bertz CT molecular complexity index is 181. The van der Waals surface area contributed by atoms with Crippen molar-refractivity contribution in [2.45, 2.75) is 50.5 Å². The Balaban J connectivity index is 1.78. The first-order valence-electron chi connectivity index (χ1n) is 6.10. The van der Waals surface area contributed by atoms with Crippen LogP contribution < -0.4 is 5.32 Å². The van der Waals surface area contributed by atoms with Crippen LogP contribution in [0.4, 0.5) is 0 Å². The van der Waals surface area contributed by atoms with E-state index in [-0.39, 0.29) is 0 Å². The average Bonchev–Trinajstić information content (AvgIpc) is 2.06. The molecule has 0 heterocycles. The maximum Gasteiger partial charge on any atom is 0.0771 e. The van der Waals surface area contributed by atoms with Gasteiger partial charge in [-0.05, 0) is 44.6 Å². The first-order valence-corrected chi connectivity index (χ1v) is 6.10. The van der Waals surface area contributed by atoms with Gasteiger partial charge in [0.2, 0.25) is 0 Å². The number of rotatable bonds is 3. The largest absolute Gasteiger partial charge is 0.389 e. The Kier molecular flexibility index (Phi) is 3.13. The van der Waals surface area contributed by atoms with Gasteiger partial charge in [-0.3, -0.25) is 0 Å². The van der Waals surface area contributed by atoms with Crippen LogP contribution in [0.25, 0.3) is 0 Å². The van der Waals surface area contributed by atoms with Crippen molar-refractivity contribution < 1.29 is 5.11 Å². The Morgan fingerprint density at radius 3 is 2.14 bits per heavy atom. The second-order valence-electron chi connectivity index (χ2n) is 5.28. The predicted octanol–water partition coefficient (Wildman–Crippen LogP) is 1.93. The molecule has 2 rings (SSSR count). The van der Waals surface area contributed by atoms with Gasteiger partial charge in [0.1, 0.15) is 0 Å². The molecule has 0 saturated heterocycles. The minimum Gasteiger partial charge on any atom is -0.389 e. The summed E-state index contributed by atoms with van der Waals surface area (Å²) in [6, 6.07) is 0. The van der Waals surface area contributed by atoms with Crippen molar-refractivity contribution in [1.82, 2.24) is 5.32 Å². The molecule has 0 aliphatic heterocycles. The molecule has 0 bridgehead atoms. The van der Waals surface area contributed by atoms with Gasteiger partial charge in [-0.1, -0.05) is 19.3 Å². The van der Waals surface area contributed by atoms with Gasteiger partial charge in [0.05, 0.1) is 5.60 Å². The van der Waals surface area contributed by atoms with Crippen molar-refractivity contribution in [3.8, 4) is 0 Å². The lowest BCUT2D eigenvalue weighted by atomic mass is 9.67. The fraction of sp³-hybridized carbons (Fsp3) is 1.00. The van der Waals surface area contributed by atoms with Crippen LogP contribution in [0.1, 0.15) is 44.9 Å². The van der Waals surface area contributed by atoms with E-state index in [0.29, 0.717) is 0 Å². The molecule has 0 spiro atoms. The van der Waals surface area contributed by atoms with Crippen LogP contribution in [0.2, 0.25) is 0 Å². The highest BCUT2D eigenvalue weighted by Gasteiger charge is 2.36. The lowest BCUT2D eigenvalue weighted by Gasteiger charge is -2.42. The quantitative estimate of drug-likeness (QED) is 0.724. The predicted molar refractivity (Wildman–Crippen MR) is 58.2 cm³/mol. The van der Waals surface area contributed by atoms with Crippen LogP contribution in [-0.4, -0.2) is 24.3 Å².